The fourth-order valence-corrected chi connectivity index (χ4v) is 4.91. The standard InChI is InChI=1S/C26H22ClF3N4O3S.Na/c1-17-23(19-5-3-2-4-6-19)24(26(28,29)30)32-34(17)21-11-7-18(8-12-21)15-16-31-25(35)33-38(36,37)22-13-9-20(27)10-14-22;/h2-14H,15-16H2,1H3,(H2,31,33,35);. The van der Waals surface area contributed by atoms with Crippen LogP contribution in [0.1, 0.15) is 17.0 Å². The molecule has 1 heterocycles. The Kier molecular flexibility index (Phi) is 9.89. The van der Waals surface area contributed by atoms with Crippen molar-refractivity contribution in [2.24, 2.45) is 0 Å². The number of nitrogens with zero attached hydrogens (tertiary/aromatic N) is 2. The SMILES string of the molecule is Cc1c(-c2ccccc2)c(C(F)(F)F)nn1-c1ccc(CCNC(=O)NS(=O)(=O)c2ccc(Cl)cc2)cc1.[Na]. The molecule has 4 rings (SSSR count). The first-order chi connectivity index (χ1) is 18.0. The molecule has 0 aliphatic rings. The average molecular weight is 586 g/mol. The molecule has 0 spiro atoms. The normalized spacial score (nSPS) is 11.5. The molecule has 0 unspecified atom stereocenters. The van der Waals surface area contributed by atoms with E-state index in [1.54, 1.807) is 61.5 Å². The Labute approximate surface area is 250 Å². The number of carbonyl (C=O) groups is 1. The Bertz CT molecular complexity index is 1540. The van der Waals surface area contributed by atoms with Gasteiger partial charge in [0.15, 0.2) is 5.69 Å². The summed E-state index contributed by atoms with van der Waals surface area (Å²) in [5.74, 6) is 0. The van der Waals surface area contributed by atoms with Gasteiger partial charge < -0.3 is 5.32 Å². The molecule has 39 heavy (non-hydrogen) atoms. The number of carbonyl (C=O) groups excluding carboxylic acids is 1. The number of hydrogen-bond acceptors (Lipinski definition) is 4. The number of halogens is 4. The van der Waals surface area contributed by atoms with Crippen LogP contribution in [0.15, 0.2) is 83.8 Å². The summed E-state index contributed by atoms with van der Waals surface area (Å²) in [5, 5.41) is 6.70. The van der Waals surface area contributed by atoms with Crippen LogP contribution >= 0.6 is 11.6 Å². The van der Waals surface area contributed by atoms with Crippen molar-refractivity contribution in [3.05, 3.63) is 101 Å². The van der Waals surface area contributed by atoms with Crippen molar-refractivity contribution in [3.63, 3.8) is 0 Å². The van der Waals surface area contributed by atoms with Crippen LogP contribution < -0.4 is 10.0 Å². The third kappa shape index (κ3) is 7.43. The number of amides is 2. The van der Waals surface area contributed by atoms with Gasteiger partial charge in [0.2, 0.25) is 0 Å². The summed E-state index contributed by atoms with van der Waals surface area (Å²) < 4.78 is 69.0. The van der Waals surface area contributed by atoms with E-state index in [9.17, 15) is 26.4 Å². The maximum atomic E-state index is 13.8. The van der Waals surface area contributed by atoms with Gasteiger partial charge in [-0.2, -0.15) is 18.3 Å². The second-order valence-electron chi connectivity index (χ2n) is 8.32. The zero-order valence-corrected chi connectivity index (χ0v) is 24.5. The number of hydrogen-bond donors (Lipinski definition) is 2. The van der Waals surface area contributed by atoms with E-state index in [4.69, 9.17) is 11.6 Å². The largest absolute Gasteiger partial charge is 0.435 e. The summed E-state index contributed by atoms with van der Waals surface area (Å²) in [4.78, 5) is 12.0. The van der Waals surface area contributed by atoms with Crippen molar-refractivity contribution in [1.29, 1.82) is 0 Å². The molecule has 0 bridgehead atoms. The molecular formula is C26H22ClF3N4NaO3S. The Morgan fingerprint density at radius 2 is 1.59 bits per heavy atom. The van der Waals surface area contributed by atoms with E-state index in [1.807, 2.05) is 4.72 Å². The van der Waals surface area contributed by atoms with Gasteiger partial charge in [0, 0.05) is 52.4 Å². The minimum atomic E-state index is -4.63. The summed E-state index contributed by atoms with van der Waals surface area (Å²) in [5.41, 5.74) is 1.04. The number of urea groups is 1. The van der Waals surface area contributed by atoms with Crippen molar-refractivity contribution in [2.75, 3.05) is 6.54 Å². The van der Waals surface area contributed by atoms with Crippen molar-refractivity contribution in [1.82, 2.24) is 19.8 Å². The monoisotopic (exact) mass is 585 g/mol. The number of rotatable bonds is 7. The van der Waals surface area contributed by atoms with E-state index in [1.165, 1.54) is 28.9 Å². The fourth-order valence-electron chi connectivity index (χ4n) is 3.86. The zero-order valence-electron chi connectivity index (χ0n) is 21.0. The van der Waals surface area contributed by atoms with Gasteiger partial charge >= 0.3 is 12.2 Å². The van der Waals surface area contributed by atoms with Crippen LogP contribution in [0.5, 0.6) is 0 Å². The number of aromatic nitrogens is 2. The summed E-state index contributed by atoms with van der Waals surface area (Å²) in [6, 6.07) is 19.4. The van der Waals surface area contributed by atoms with E-state index >= 15 is 0 Å². The van der Waals surface area contributed by atoms with Crippen molar-refractivity contribution >= 4 is 57.2 Å². The van der Waals surface area contributed by atoms with Gasteiger partial charge in [0.25, 0.3) is 10.0 Å². The van der Waals surface area contributed by atoms with Crippen LogP contribution in [0.2, 0.25) is 5.02 Å². The van der Waals surface area contributed by atoms with Crippen molar-refractivity contribution in [2.45, 2.75) is 24.4 Å². The second kappa shape index (κ2) is 12.6. The third-order valence-corrected chi connectivity index (χ3v) is 7.28. The van der Waals surface area contributed by atoms with E-state index < -0.39 is 27.9 Å². The molecule has 4 aromatic rings. The fraction of sp³-hybridized carbons (Fsp3) is 0.154. The maximum Gasteiger partial charge on any atom is 0.435 e. The number of nitrogens with one attached hydrogen (secondary N) is 2. The van der Waals surface area contributed by atoms with E-state index in [0.717, 1.165) is 5.56 Å². The molecule has 1 aromatic heterocycles. The quantitative estimate of drug-likeness (QED) is 0.285. The second-order valence-corrected chi connectivity index (χ2v) is 10.4. The molecule has 3 aromatic carbocycles. The van der Waals surface area contributed by atoms with Gasteiger partial charge in [0.1, 0.15) is 0 Å². The Morgan fingerprint density at radius 1 is 0.974 bits per heavy atom. The molecule has 0 aliphatic heterocycles. The minimum Gasteiger partial charge on any atom is -0.337 e. The number of alkyl halides is 3. The third-order valence-electron chi connectivity index (χ3n) is 5.68. The summed E-state index contributed by atoms with van der Waals surface area (Å²) in [7, 11) is -4.05. The predicted octanol–water partition coefficient (Wildman–Crippen LogP) is 5.37. The molecular weight excluding hydrogens is 564 g/mol. The number of benzene rings is 3. The topological polar surface area (TPSA) is 93.1 Å². The van der Waals surface area contributed by atoms with E-state index in [2.05, 4.69) is 10.4 Å². The van der Waals surface area contributed by atoms with Crippen LogP contribution in [0.4, 0.5) is 18.0 Å². The van der Waals surface area contributed by atoms with Gasteiger partial charge in [-0.15, -0.1) is 0 Å². The molecule has 0 aliphatic carbocycles. The predicted molar refractivity (Wildman–Crippen MR) is 143 cm³/mol. The van der Waals surface area contributed by atoms with Crippen LogP contribution in [0.25, 0.3) is 16.8 Å². The summed E-state index contributed by atoms with van der Waals surface area (Å²) in [6.45, 7) is 1.71. The first-order valence-electron chi connectivity index (χ1n) is 11.3. The molecule has 0 saturated heterocycles. The van der Waals surface area contributed by atoms with Crippen molar-refractivity contribution in [3.8, 4) is 16.8 Å². The molecule has 0 fully saturated rings. The van der Waals surface area contributed by atoms with Crippen molar-refractivity contribution < 1.29 is 26.4 Å². The first kappa shape index (κ1) is 30.7. The molecule has 2 N–H and O–H groups in total. The van der Waals surface area contributed by atoms with Gasteiger partial charge in [-0.3, -0.25) is 0 Å². The Balaban J connectivity index is 0.00000420. The molecule has 1 radical (unpaired) electrons. The van der Waals surface area contributed by atoms with Crippen LogP contribution in [0.3, 0.4) is 0 Å². The van der Waals surface area contributed by atoms with Crippen LogP contribution in [-0.2, 0) is 22.6 Å². The van der Waals surface area contributed by atoms with Gasteiger partial charge in [-0.05, 0) is 60.9 Å². The van der Waals surface area contributed by atoms with E-state index in [0.29, 0.717) is 28.4 Å². The molecule has 7 nitrogen and oxygen atoms in total. The average Bonchev–Trinajstić information content (AvgIpc) is 3.22. The summed E-state index contributed by atoms with van der Waals surface area (Å²) >= 11 is 5.75. The number of sulfonamides is 1. The Hall–Kier alpha value is -2.83. The molecule has 2 amide bonds. The maximum absolute atomic E-state index is 13.8. The minimum absolute atomic E-state index is 0. The summed E-state index contributed by atoms with van der Waals surface area (Å²) in [6.07, 6.45) is -4.27. The Morgan fingerprint density at radius 3 is 2.18 bits per heavy atom. The first-order valence-corrected chi connectivity index (χ1v) is 13.2. The molecule has 0 saturated carbocycles. The van der Waals surface area contributed by atoms with Gasteiger partial charge in [-0.1, -0.05) is 54.1 Å². The molecule has 13 heteroatoms. The van der Waals surface area contributed by atoms with Crippen LogP contribution in [-0.4, -0.2) is 60.3 Å². The molecule has 0 atom stereocenters. The smallest absolute Gasteiger partial charge is 0.337 e. The van der Waals surface area contributed by atoms with Gasteiger partial charge in [-0.25, -0.2) is 22.6 Å². The zero-order chi connectivity index (χ0) is 27.5. The van der Waals surface area contributed by atoms with Crippen LogP contribution in [0, 0.1) is 6.92 Å². The molecule has 199 valence electrons. The van der Waals surface area contributed by atoms with E-state index in [-0.39, 0.29) is 46.6 Å². The van der Waals surface area contributed by atoms with Gasteiger partial charge in [0.05, 0.1) is 10.6 Å².